The Balaban J connectivity index is 2.36. The van der Waals surface area contributed by atoms with Crippen LogP contribution in [0.3, 0.4) is 0 Å². The summed E-state index contributed by atoms with van der Waals surface area (Å²) in [6.07, 6.45) is -0.596. The molecule has 6 nitrogen and oxygen atoms in total. The smallest absolute Gasteiger partial charge is 0.243 e. The van der Waals surface area contributed by atoms with Crippen molar-refractivity contribution < 1.29 is 22.7 Å². The second kappa shape index (κ2) is 5.53. The number of aliphatic hydroxyl groups excluding tert-OH is 1. The second-order valence-corrected chi connectivity index (χ2v) is 7.60. The zero-order valence-corrected chi connectivity index (χ0v) is 12.7. The third kappa shape index (κ3) is 3.34. The zero-order chi connectivity index (χ0) is 15.8. The van der Waals surface area contributed by atoms with Gasteiger partial charge in [-0.15, -0.1) is 0 Å². The van der Waals surface area contributed by atoms with Crippen molar-refractivity contribution in [2.45, 2.75) is 30.4 Å². The number of nitrogens with two attached hydrogens (primary N) is 1. The van der Waals surface area contributed by atoms with Crippen LogP contribution in [0.15, 0.2) is 23.1 Å². The van der Waals surface area contributed by atoms with Crippen molar-refractivity contribution in [3.63, 3.8) is 0 Å². The van der Waals surface area contributed by atoms with Crippen LogP contribution >= 0.6 is 0 Å². The zero-order valence-electron chi connectivity index (χ0n) is 11.9. The Hall–Kier alpha value is -1.22. The summed E-state index contributed by atoms with van der Waals surface area (Å²) in [6.45, 7) is 3.40. The van der Waals surface area contributed by atoms with Gasteiger partial charge in [0.25, 0.3) is 0 Å². The van der Waals surface area contributed by atoms with Crippen LogP contribution in [0.4, 0.5) is 10.1 Å². The van der Waals surface area contributed by atoms with Crippen LogP contribution in [-0.2, 0) is 14.8 Å². The maximum Gasteiger partial charge on any atom is 0.243 e. The van der Waals surface area contributed by atoms with E-state index in [1.807, 2.05) is 0 Å². The molecule has 3 N–H and O–H groups in total. The average Bonchev–Trinajstić information content (AvgIpc) is 2.39. The van der Waals surface area contributed by atoms with Crippen LogP contribution in [0.25, 0.3) is 0 Å². The molecule has 1 aliphatic rings. The molecular weight excluding hydrogens is 299 g/mol. The van der Waals surface area contributed by atoms with Crippen molar-refractivity contribution in [3.05, 3.63) is 24.0 Å². The number of halogens is 1. The molecule has 1 atom stereocenters. The monoisotopic (exact) mass is 318 g/mol. The van der Waals surface area contributed by atoms with Gasteiger partial charge in [0.15, 0.2) is 0 Å². The highest BCUT2D eigenvalue weighted by Gasteiger charge is 2.39. The molecule has 21 heavy (non-hydrogen) atoms. The van der Waals surface area contributed by atoms with Crippen molar-refractivity contribution in [3.8, 4) is 0 Å². The first-order valence-corrected chi connectivity index (χ1v) is 7.93. The van der Waals surface area contributed by atoms with Crippen LogP contribution in [0, 0.1) is 5.82 Å². The van der Waals surface area contributed by atoms with Gasteiger partial charge < -0.3 is 15.6 Å². The Morgan fingerprint density at radius 3 is 2.76 bits per heavy atom. The molecule has 0 spiro atoms. The van der Waals surface area contributed by atoms with Gasteiger partial charge in [-0.1, -0.05) is 0 Å². The van der Waals surface area contributed by atoms with Crippen LogP contribution in [0.1, 0.15) is 13.8 Å². The summed E-state index contributed by atoms with van der Waals surface area (Å²) in [5.74, 6) is -0.663. The predicted octanol–water partition coefficient (Wildman–Crippen LogP) is 0.568. The third-order valence-electron chi connectivity index (χ3n) is 3.26. The van der Waals surface area contributed by atoms with Crippen molar-refractivity contribution in [1.82, 2.24) is 4.31 Å². The maximum atomic E-state index is 13.2. The first-order chi connectivity index (χ1) is 9.65. The van der Waals surface area contributed by atoms with E-state index in [1.54, 1.807) is 13.8 Å². The summed E-state index contributed by atoms with van der Waals surface area (Å²) < 4.78 is 45.2. The standard InChI is InChI=1S/C13H19FN2O4S/c1-13(2)8-16(6-9(7-17)20-13)21(18,19)10-3-4-11(14)12(15)5-10/h3-5,9,17H,6-8,15H2,1-2H3. The predicted molar refractivity (Wildman–Crippen MR) is 75.6 cm³/mol. The van der Waals surface area contributed by atoms with Gasteiger partial charge in [-0.2, -0.15) is 4.31 Å². The number of morpholine rings is 1. The summed E-state index contributed by atoms with van der Waals surface area (Å²) in [4.78, 5) is -0.0733. The van der Waals surface area contributed by atoms with Gasteiger partial charge in [0, 0.05) is 13.1 Å². The first kappa shape index (κ1) is 16.2. The molecule has 1 fully saturated rings. The fourth-order valence-electron chi connectivity index (χ4n) is 2.35. The molecule has 1 unspecified atom stereocenters. The number of nitrogens with zero attached hydrogens (tertiary/aromatic N) is 1. The summed E-state index contributed by atoms with van der Waals surface area (Å²) in [7, 11) is -3.82. The van der Waals surface area contributed by atoms with Crippen LogP contribution in [0.2, 0.25) is 0 Å². The fraction of sp³-hybridized carbons (Fsp3) is 0.538. The third-order valence-corrected chi connectivity index (χ3v) is 5.07. The topological polar surface area (TPSA) is 92.9 Å². The molecule has 1 heterocycles. The molecule has 8 heteroatoms. The van der Waals surface area contributed by atoms with E-state index in [1.165, 1.54) is 10.4 Å². The summed E-state index contributed by atoms with van der Waals surface area (Å²) in [5, 5.41) is 9.24. The van der Waals surface area contributed by atoms with E-state index in [0.717, 1.165) is 12.1 Å². The number of hydrogen-bond acceptors (Lipinski definition) is 5. The number of sulfonamides is 1. The average molecular weight is 318 g/mol. The lowest BCUT2D eigenvalue weighted by molar-refractivity contribution is -0.131. The lowest BCUT2D eigenvalue weighted by Gasteiger charge is -2.41. The van der Waals surface area contributed by atoms with Crippen LogP contribution < -0.4 is 5.73 Å². The number of ether oxygens (including phenoxy) is 1. The minimum absolute atomic E-state index is 0.0412. The van der Waals surface area contributed by atoms with Crippen LogP contribution in [-0.4, -0.2) is 49.2 Å². The van der Waals surface area contributed by atoms with Crippen molar-refractivity contribution in [1.29, 1.82) is 0 Å². The minimum atomic E-state index is -3.82. The number of hydrogen-bond donors (Lipinski definition) is 2. The molecule has 118 valence electrons. The second-order valence-electron chi connectivity index (χ2n) is 5.66. The molecule has 0 saturated carbocycles. The van der Waals surface area contributed by atoms with Gasteiger partial charge in [-0.25, -0.2) is 12.8 Å². The molecule has 1 saturated heterocycles. The van der Waals surface area contributed by atoms with Gasteiger partial charge in [0.05, 0.1) is 28.9 Å². The van der Waals surface area contributed by atoms with E-state index < -0.39 is 27.5 Å². The fourth-order valence-corrected chi connectivity index (χ4v) is 4.01. The number of aliphatic hydroxyl groups is 1. The first-order valence-electron chi connectivity index (χ1n) is 6.49. The highest BCUT2D eigenvalue weighted by molar-refractivity contribution is 7.89. The summed E-state index contributed by atoms with van der Waals surface area (Å²) in [5.41, 5.74) is 4.49. The Bertz CT molecular complexity index is 633. The van der Waals surface area contributed by atoms with Gasteiger partial charge in [-0.3, -0.25) is 0 Å². The van der Waals surface area contributed by atoms with E-state index in [2.05, 4.69) is 0 Å². The van der Waals surface area contributed by atoms with E-state index in [-0.39, 0.29) is 30.3 Å². The Morgan fingerprint density at radius 1 is 1.52 bits per heavy atom. The van der Waals surface area contributed by atoms with Gasteiger partial charge >= 0.3 is 0 Å². The molecule has 1 aliphatic heterocycles. The number of nitrogen functional groups attached to an aromatic ring is 1. The Morgan fingerprint density at radius 2 is 2.19 bits per heavy atom. The summed E-state index contributed by atoms with van der Waals surface area (Å²) >= 11 is 0. The molecule has 0 aliphatic carbocycles. The molecule has 1 aromatic carbocycles. The molecule has 2 rings (SSSR count). The van der Waals surface area contributed by atoms with Gasteiger partial charge in [0.2, 0.25) is 10.0 Å². The quantitative estimate of drug-likeness (QED) is 0.795. The van der Waals surface area contributed by atoms with Crippen molar-refractivity contribution in [2.24, 2.45) is 0 Å². The van der Waals surface area contributed by atoms with Crippen molar-refractivity contribution >= 4 is 15.7 Å². The lowest BCUT2D eigenvalue weighted by atomic mass is 10.1. The molecule has 0 bridgehead atoms. The van der Waals surface area contributed by atoms with Crippen molar-refractivity contribution in [2.75, 3.05) is 25.4 Å². The van der Waals surface area contributed by atoms with E-state index in [4.69, 9.17) is 10.5 Å². The van der Waals surface area contributed by atoms with E-state index in [0.29, 0.717) is 0 Å². The largest absolute Gasteiger partial charge is 0.396 e. The highest BCUT2D eigenvalue weighted by atomic mass is 32.2. The molecule has 0 amide bonds. The minimum Gasteiger partial charge on any atom is -0.396 e. The number of rotatable bonds is 3. The highest BCUT2D eigenvalue weighted by Crippen LogP contribution is 2.27. The molecule has 1 aromatic rings. The molecule has 0 radical (unpaired) electrons. The SMILES string of the molecule is CC1(C)CN(S(=O)(=O)c2ccc(F)c(N)c2)CC(CO)O1. The Kier molecular flexibility index (Phi) is 4.25. The van der Waals surface area contributed by atoms with Gasteiger partial charge in [-0.05, 0) is 32.0 Å². The molecule has 0 aromatic heterocycles. The maximum absolute atomic E-state index is 13.2. The number of benzene rings is 1. The van der Waals surface area contributed by atoms with Gasteiger partial charge in [0.1, 0.15) is 5.82 Å². The van der Waals surface area contributed by atoms with Crippen LogP contribution in [0.5, 0.6) is 0 Å². The number of anilines is 1. The summed E-state index contributed by atoms with van der Waals surface area (Å²) in [6, 6.07) is 3.30. The van der Waals surface area contributed by atoms with E-state index in [9.17, 15) is 17.9 Å². The Labute approximate surface area is 123 Å². The van der Waals surface area contributed by atoms with E-state index >= 15 is 0 Å². The molecular formula is C13H19FN2O4S. The normalized spacial score (nSPS) is 23.1. The lowest BCUT2D eigenvalue weighted by Crippen LogP contribution is -2.55.